The Morgan fingerprint density at radius 1 is 0.973 bits per heavy atom. The van der Waals surface area contributed by atoms with Crippen molar-refractivity contribution in [2.75, 3.05) is 0 Å². The highest BCUT2D eigenvalue weighted by atomic mass is 35.5. The third kappa shape index (κ3) is 5.03. The van der Waals surface area contributed by atoms with Gasteiger partial charge in [-0.2, -0.15) is 18.3 Å². The van der Waals surface area contributed by atoms with Gasteiger partial charge >= 0.3 is 6.18 Å². The third-order valence-corrected chi connectivity index (χ3v) is 6.04. The number of amides is 1. The van der Waals surface area contributed by atoms with Gasteiger partial charge in [0.15, 0.2) is 0 Å². The zero-order chi connectivity index (χ0) is 26.2. The summed E-state index contributed by atoms with van der Waals surface area (Å²) in [5, 5.41) is 8.64. The van der Waals surface area contributed by atoms with E-state index in [1.54, 1.807) is 47.1 Å². The number of aromatic nitrogens is 3. The van der Waals surface area contributed by atoms with Crippen molar-refractivity contribution in [1.29, 1.82) is 0 Å². The van der Waals surface area contributed by atoms with Gasteiger partial charge in [-0.05, 0) is 60.2 Å². The average Bonchev–Trinajstić information content (AvgIpc) is 3.26. The number of halogens is 5. The van der Waals surface area contributed by atoms with Gasteiger partial charge in [0.2, 0.25) is 0 Å². The van der Waals surface area contributed by atoms with Gasteiger partial charge in [-0.1, -0.05) is 35.9 Å². The standard InChI is InChI=1S/C27H17ClF4N4O/c28-22-4-2-1-3-20(22)25-21-11-6-17(13-23(21)36(35-25)19-9-7-18(29)8-10-19)26(37)34-15-16-5-12-24(33-14-16)27(30,31)32/h1-14H,15H2,(H,34,37). The molecule has 0 fully saturated rings. The molecule has 0 bridgehead atoms. The number of hydrogen-bond donors (Lipinski definition) is 1. The molecule has 10 heteroatoms. The third-order valence-electron chi connectivity index (χ3n) is 5.71. The monoisotopic (exact) mass is 524 g/mol. The summed E-state index contributed by atoms with van der Waals surface area (Å²) < 4.78 is 53.3. The maximum absolute atomic E-state index is 13.6. The summed E-state index contributed by atoms with van der Waals surface area (Å²) in [6.07, 6.45) is -3.46. The molecular weight excluding hydrogens is 508 g/mol. The molecule has 37 heavy (non-hydrogen) atoms. The molecule has 2 aromatic heterocycles. The van der Waals surface area contributed by atoms with Gasteiger partial charge in [0.25, 0.3) is 5.91 Å². The molecule has 0 radical (unpaired) electrons. The molecule has 0 saturated heterocycles. The van der Waals surface area contributed by atoms with Crippen LogP contribution in [0.3, 0.4) is 0 Å². The minimum absolute atomic E-state index is 0.00982. The van der Waals surface area contributed by atoms with Crippen LogP contribution in [0.5, 0.6) is 0 Å². The first-order chi connectivity index (χ1) is 17.7. The fourth-order valence-corrected chi connectivity index (χ4v) is 4.09. The van der Waals surface area contributed by atoms with Crippen molar-refractivity contribution >= 4 is 28.4 Å². The highest BCUT2D eigenvalue weighted by molar-refractivity contribution is 6.33. The maximum atomic E-state index is 13.6. The van der Waals surface area contributed by atoms with Gasteiger partial charge in [0, 0.05) is 29.3 Å². The molecule has 0 aliphatic heterocycles. The molecule has 5 nitrogen and oxygen atoms in total. The lowest BCUT2D eigenvalue weighted by molar-refractivity contribution is -0.141. The fourth-order valence-electron chi connectivity index (χ4n) is 3.87. The van der Waals surface area contributed by atoms with E-state index in [4.69, 9.17) is 16.7 Å². The maximum Gasteiger partial charge on any atom is 0.433 e. The summed E-state index contributed by atoms with van der Waals surface area (Å²) in [4.78, 5) is 16.3. The second kappa shape index (κ2) is 9.67. The van der Waals surface area contributed by atoms with Crippen molar-refractivity contribution in [3.05, 3.63) is 113 Å². The molecule has 0 unspecified atom stereocenters. The number of benzene rings is 3. The molecule has 5 aromatic rings. The molecule has 186 valence electrons. The lowest BCUT2D eigenvalue weighted by Gasteiger charge is -2.09. The summed E-state index contributed by atoms with van der Waals surface area (Å²) in [7, 11) is 0. The van der Waals surface area contributed by atoms with E-state index in [2.05, 4.69) is 10.3 Å². The summed E-state index contributed by atoms with van der Waals surface area (Å²) >= 11 is 6.42. The van der Waals surface area contributed by atoms with Gasteiger partial charge in [-0.3, -0.25) is 9.78 Å². The van der Waals surface area contributed by atoms with Gasteiger partial charge in [-0.25, -0.2) is 9.07 Å². The van der Waals surface area contributed by atoms with Crippen LogP contribution in [0, 0.1) is 5.82 Å². The lowest BCUT2D eigenvalue weighted by atomic mass is 10.1. The lowest BCUT2D eigenvalue weighted by Crippen LogP contribution is -2.23. The Morgan fingerprint density at radius 3 is 2.41 bits per heavy atom. The first-order valence-corrected chi connectivity index (χ1v) is 11.4. The smallest absolute Gasteiger partial charge is 0.348 e. The van der Waals surface area contributed by atoms with E-state index in [-0.39, 0.29) is 6.54 Å². The first kappa shape index (κ1) is 24.5. The van der Waals surface area contributed by atoms with Crippen LogP contribution in [0.2, 0.25) is 5.02 Å². The molecule has 5 rings (SSSR count). The Morgan fingerprint density at radius 2 is 1.73 bits per heavy atom. The molecule has 0 saturated carbocycles. The van der Waals surface area contributed by atoms with E-state index in [9.17, 15) is 22.4 Å². The number of hydrogen-bond acceptors (Lipinski definition) is 3. The highest BCUT2D eigenvalue weighted by Gasteiger charge is 2.32. The Kier molecular flexibility index (Phi) is 6.39. The van der Waals surface area contributed by atoms with Crippen molar-refractivity contribution in [1.82, 2.24) is 20.1 Å². The minimum Gasteiger partial charge on any atom is -0.348 e. The second-order valence-corrected chi connectivity index (χ2v) is 8.59. The second-order valence-electron chi connectivity index (χ2n) is 8.18. The normalized spacial score (nSPS) is 11.6. The van der Waals surface area contributed by atoms with E-state index in [0.717, 1.165) is 17.6 Å². The first-order valence-electron chi connectivity index (χ1n) is 11.0. The molecule has 1 N–H and O–H groups in total. The van der Waals surface area contributed by atoms with Crippen LogP contribution in [-0.4, -0.2) is 20.7 Å². The number of carbonyl (C=O) groups excluding carboxylic acids is 1. The molecule has 3 aromatic carbocycles. The summed E-state index contributed by atoms with van der Waals surface area (Å²) in [5.74, 6) is -0.836. The van der Waals surface area contributed by atoms with Gasteiger partial charge in [0.05, 0.1) is 16.2 Å². The van der Waals surface area contributed by atoms with Crippen LogP contribution in [0.1, 0.15) is 21.6 Å². The predicted octanol–water partition coefficient (Wildman–Crippen LogP) is 6.83. The number of rotatable bonds is 5. The Balaban J connectivity index is 1.49. The van der Waals surface area contributed by atoms with Crippen molar-refractivity contribution in [2.24, 2.45) is 0 Å². The highest BCUT2D eigenvalue weighted by Crippen LogP contribution is 2.34. The van der Waals surface area contributed by atoms with E-state index < -0.39 is 23.6 Å². The fraction of sp³-hybridized carbons (Fsp3) is 0.0741. The van der Waals surface area contributed by atoms with E-state index >= 15 is 0 Å². The number of alkyl halides is 3. The number of fused-ring (bicyclic) bond motifs is 1. The van der Waals surface area contributed by atoms with E-state index in [1.807, 2.05) is 12.1 Å². The molecule has 2 heterocycles. The quantitative estimate of drug-likeness (QED) is 0.256. The molecule has 0 aliphatic rings. The topological polar surface area (TPSA) is 59.8 Å². The summed E-state index contributed by atoms with van der Waals surface area (Å²) in [6, 6.07) is 20.1. The Hall–Kier alpha value is -4.24. The summed E-state index contributed by atoms with van der Waals surface area (Å²) in [6.45, 7) is -0.00982. The number of carbonyl (C=O) groups is 1. The zero-order valence-corrected chi connectivity index (χ0v) is 19.7. The molecule has 0 spiro atoms. The van der Waals surface area contributed by atoms with Crippen LogP contribution in [0.25, 0.3) is 27.8 Å². The van der Waals surface area contributed by atoms with Gasteiger partial charge in [-0.15, -0.1) is 0 Å². The van der Waals surface area contributed by atoms with Crippen molar-refractivity contribution in [3.8, 4) is 16.9 Å². The number of nitrogens with zero attached hydrogens (tertiary/aromatic N) is 3. The molecule has 1 amide bonds. The minimum atomic E-state index is -4.53. The van der Waals surface area contributed by atoms with Crippen LogP contribution in [0.15, 0.2) is 85.1 Å². The van der Waals surface area contributed by atoms with Crippen LogP contribution < -0.4 is 5.32 Å². The average molecular weight is 525 g/mol. The SMILES string of the molecule is O=C(NCc1ccc(C(F)(F)F)nc1)c1ccc2c(-c3ccccc3Cl)nn(-c3ccc(F)cc3)c2c1. The van der Waals surface area contributed by atoms with Crippen LogP contribution in [0.4, 0.5) is 17.6 Å². The van der Waals surface area contributed by atoms with Gasteiger partial charge in [0.1, 0.15) is 17.2 Å². The zero-order valence-electron chi connectivity index (χ0n) is 18.9. The van der Waals surface area contributed by atoms with Crippen LogP contribution >= 0.6 is 11.6 Å². The van der Waals surface area contributed by atoms with Crippen molar-refractivity contribution in [2.45, 2.75) is 12.7 Å². The van der Waals surface area contributed by atoms with Crippen molar-refractivity contribution < 1.29 is 22.4 Å². The Bertz CT molecular complexity index is 1600. The van der Waals surface area contributed by atoms with Crippen molar-refractivity contribution in [3.63, 3.8) is 0 Å². The van der Waals surface area contributed by atoms with E-state index in [1.165, 1.54) is 18.2 Å². The van der Waals surface area contributed by atoms with E-state index in [0.29, 0.717) is 38.6 Å². The molecular formula is C27H17ClF4N4O. The van der Waals surface area contributed by atoms with Crippen LogP contribution in [-0.2, 0) is 12.7 Å². The molecule has 0 atom stereocenters. The number of nitrogens with one attached hydrogen (secondary N) is 1. The van der Waals surface area contributed by atoms with Gasteiger partial charge < -0.3 is 5.32 Å². The molecule has 0 aliphatic carbocycles. The predicted molar refractivity (Wildman–Crippen MR) is 132 cm³/mol. The number of pyridine rings is 1. The Labute approximate surface area is 213 Å². The summed E-state index contributed by atoms with van der Waals surface area (Å²) in [5.41, 5.74) is 2.18. The largest absolute Gasteiger partial charge is 0.433 e.